The van der Waals surface area contributed by atoms with Crippen molar-refractivity contribution < 1.29 is 9.47 Å². The van der Waals surface area contributed by atoms with E-state index in [1.54, 1.807) is 7.05 Å². The second-order valence-corrected chi connectivity index (χ2v) is 1.89. The van der Waals surface area contributed by atoms with Gasteiger partial charge in [-0.1, -0.05) is 27.4 Å². The van der Waals surface area contributed by atoms with E-state index >= 15 is 0 Å². The van der Waals surface area contributed by atoms with Gasteiger partial charge in [0, 0.05) is 7.05 Å². The molecule has 0 rings (SSSR count). The second kappa shape index (κ2) is 29.2. The van der Waals surface area contributed by atoms with Gasteiger partial charge >= 0.3 is 0 Å². The Hall–Kier alpha value is -1.72. The molecule has 0 amide bonds. The summed E-state index contributed by atoms with van der Waals surface area (Å²) in [6.45, 7) is 10.0. The Morgan fingerprint density at radius 3 is 2.31 bits per heavy atom. The van der Waals surface area contributed by atoms with Gasteiger partial charge in [0.25, 0.3) is 0 Å². The third kappa shape index (κ3) is 39.6. The molecule has 0 heterocycles. The Labute approximate surface area is 98.2 Å². The lowest BCUT2D eigenvalue weighted by molar-refractivity contribution is 0.317. The van der Waals surface area contributed by atoms with Crippen LogP contribution in [0.5, 0.6) is 0 Å². The van der Waals surface area contributed by atoms with E-state index in [4.69, 9.17) is 4.74 Å². The number of hydrogen-bond donors (Lipinski definition) is 2. The van der Waals surface area contributed by atoms with Gasteiger partial charge in [-0.3, -0.25) is 0 Å². The summed E-state index contributed by atoms with van der Waals surface area (Å²) in [5.41, 5.74) is 2.57. The van der Waals surface area contributed by atoms with Crippen molar-refractivity contribution in [1.82, 2.24) is 5.43 Å². The molecule has 0 spiro atoms. The minimum absolute atomic E-state index is 0.741. The first kappa shape index (κ1) is 19.8. The van der Waals surface area contributed by atoms with Crippen LogP contribution < -0.4 is 11.3 Å². The Morgan fingerprint density at radius 2 is 2.00 bits per heavy atom. The highest BCUT2D eigenvalue weighted by atomic mass is 16.5. The molecule has 0 fully saturated rings. The summed E-state index contributed by atoms with van der Waals surface area (Å²) < 4.78 is 9.20. The molecule has 0 aliphatic heterocycles. The largest absolute Gasteiger partial charge is 0.482 e. The maximum Gasteiger partial charge on any atom is 0.197 e. The van der Waals surface area contributed by atoms with E-state index in [1.165, 1.54) is 12.7 Å². The van der Waals surface area contributed by atoms with Crippen molar-refractivity contribution in [2.75, 3.05) is 13.7 Å². The highest BCUT2D eigenvalue weighted by Crippen LogP contribution is 1.73. The molecule has 0 saturated carbocycles. The van der Waals surface area contributed by atoms with Gasteiger partial charge in [-0.15, -0.1) is 0 Å². The van der Waals surface area contributed by atoms with Gasteiger partial charge < -0.3 is 20.7 Å². The molecule has 0 aromatic heterocycles. The normalized spacial score (nSPS) is 8.50. The summed E-state index contributed by atoms with van der Waals surface area (Å²) in [6.07, 6.45) is 4.75. The van der Waals surface area contributed by atoms with Crippen molar-refractivity contribution in [2.45, 2.75) is 27.2 Å². The molecule has 0 aromatic rings. The van der Waals surface area contributed by atoms with Gasteiger partial charge in [0.05, 0.1) is 12.9 Å². The fourth-order valence-electron chi connectivity index (χ4n) is 0.339. The van der Waals surface area contributed by atoms with Gasteiger partial charge in [-0.2, -0.15) is 10.2 Å². The average Bonchev–Trinajstić information content (AvgIpc) is 2.35. The Bertz CT molecular complexity index is 161. The first-order chi connectivity index (χ1) is 7.83. The van der Waals surface area contributed by atoms with E-state index in [0.29, 0.717) is 0 Å². The molecule has 0 saturated heterocycles. The van der Waals surface area contributed by atoms with Gasteiger partial charge in [0.15, 0.2) is 12.8 Å². The van der Waals surface area contributed by atoms with Crippen LogP contribution in [0.4, 0.5) is 0 Å². The molecule has 96 valence electrons. The lowest BCUT2D eigenvalue weighted by Crippen LogP contribution is -1.97. The molecular formula is C10H24N4O2. The fourth-order valence-corrected chi connectivity index (χ4v) is 0.339. The van der Waals surface area contributed by atoms with E-state index in [1.807, 2.05) is 20.8 Å². The number of nitrogens with zero attached hydrogens (tertiary/aromatic N) is 2. The monoisotopic (exact) mass is 232 g/mol. The molecule has 0 aromatic carbocycles. The summed E-state index contributed by atoms with van der Waals surface area (Å²) >= 11 is 0. The zero-order chi connectivity index (χ0) is 13.1. The Kier molecular flexibility index (Phi) is 36.1. The van der Waals surface area contributed by atoms with Crippen molar-refractivity contribution in [1.29, 1.82) is 0 Å². The third-order valence-electron chi connectivity index (χ3n) is 0.796. The summed E-state index contributed by atoms with van der Waals surface area (Å²) in [6, 6.07) is 0. The first-order valence-corrected chi connectivity index (χ1v) is 5.11. The van der Waals surface area contributed by atoms with Crippen molar-refractivity contribution in [3.05, 3.63) is 12.8 Å². The predicted octanol–water partition coefficient (Wildman–Crippen LogP) is 1.65. The molecule has 6 heteroatoms. The van der Waals surface area contributed by atoms with Gasteiger partial charge in [0.2, 0.25) is 0 Å². The standard InChI is InChI=1S/C5H12N2O.C3H6N2O.C2H6/c1-3-4-8-5-7-6-2;1-2-6-3-5-4;1-2/h5-6H,3-4H2,1-2H3;2-3H,1,4H2;1-2H3/b7-5-;5-3-;. The molecular weight excluding hydrogens is 208 g/mol. The van der Waals surface area contributed by atoms with E-state index in [2.05, 4.69) is 32.8 Å². The van der Waals surface area contributed by atoms with Crippen LogP contribution in [0.25, 0.3) is 0 Å². The topological polar surface area (TPSA) is 81.2 Å². The van der Waals surface area contributed by atoms with Crippen LogP contribution in [0.15, 0.2) is 23.0 Å². The summed E-state index contributed by atoms with van der Waals surface area (Å²) in [7, 11) is 1.73. The van der Waals surface area contributed by atoms with Crippen LogP contribution in [0.3, 0.4) is 0 Å². The maximum atomic E-state index is 4.87. The molecule has 0 atom stereocenters. The van der Waals surface area contributed by atoms with Gasteiger partial charge in [-0.05, 0) is 6.42 Å². The van der Waals surface area contributed by atoms with Crippen LogP contribution in [0.2, 0.25) is 0 Å². The van der Waals surface area contributed by atoms with Crippen LogP contribution in [-0.2, 0) is 9.47 Å². The maximum absolute atomic E-state index is 4.87. The average molecular weight is 232 g/mol. The summed E-state index contributed by atoms with van der Waals surface area (Å²) in [5.74, 6) is 4.61. The highest BCUT2D eigenvalue weighted by Gasteiger charge is 1.72. The molecule has 3 N–H and O–H groups in total. The number of hydrogen-bond acceptors (Lipinski definition) is 6. The zero-order valence-corrected chi connectivity index (χ0v) is 10.6. The van der Waals surface area contributed by atoms with Gasteiger partial charge in [0.1, 0.15) is 0 Å². The van der Waals surface area contributed by atoms with Crippen molar-refractivity contribution in [3.8, 4) is 0 Å². The zero-order valence-electron chi connectivity index (χ0n) is 10.6. The number of rotatable bonds is 6. The smallest absolute Gasteiger partial charge is 0.197 e. The minimum atomic E-state index is 0.741. The SMILES string of the molecule is C=CO/C=N\N.CC.CCCO/C=N\NC. The molecule has 0 radical (unpaired) electrons. The van der Waals surface area contributed by atoms with E-state index in [0.717, 1.165) is 19.4 Å². The molecule has 16 heavy (non-hydrogen) atoms. The molecule has 6 nitrogen and oxygen atoms in total. The number of nitrogens with two attached hydrogens (primary N) is 1. The quantitative estimate of drug-likeness (QED) is 0.182. The third-order valence-corrected chi connectivity index (χ3v) is 0.796. The number of nitrogens with one attached hydrogen (secondary N) is 1. The predicted molar refractivity (Wildman–Crippen MR) is 69.1 cm³/mol. The lowest BCUT2D eigenvalue weighted by Gasteiger charge is -1.92. The number of ether oxygens (including phenoxy) is 2. The molecule has 0 aliphatic rings. The van der Waals surface area contributed by atoms with Crippen molar-refractivity contribution in [3.63, 3.8) is 0 Å². The van der Waals surface area contributed by atoms with Crippen LogP contribution >= 0.6 is 0 Å². The van der Waals surface area contributed by atoms with E-state index < -0.39 is 0 Å². The molecule has 0 bridgehead atoms. The van der Waals surface area contributed by atoms with Gasteiger partial charge in [-0.25, -0.2) is 0 Å². The van der Waals surface area contributed by atoms with Crippen molar-refractivity contribution in [2.24, 2.45) is 16.0 Å². The van der Waals surface area contributed by atoms with Crippen molar-refractivity contribution >= 4 is 12.8 Å². The Balaban J connectivity index is -0.000000188. The van der Waals surface area contributed by atoms with E-state index in [-0.39, 0.29) is 0 Å². The second-order valence-electron chi connectivity index (χ2n) is 1.89. The molecule has 0 aliphatic carbocycles. The minimum Gasteiger partial charge on any atom is -0.482 e. The van der Waals surface area contributed by atoms with E-state index in [9.17, 15) is 0 Å². The lowest BCUT2D eigenvalue weighted by atomic mass is 10.5. The fraction of sp³-hybridized carbons (Fsp3) is 0.600. The molecule has 0 unspecified atom stereocenters. The van der Waals surface area contributed by atoms with Crippen LogP contribution in [-0.4, -0.2) is 26.5 Å². The summed E-state index contributed by atoms with van der Waals surface area (Å²) in [5, 5.41) is 6.62. The summed E-state index contributed by atoms with van der Waals surface area (Å²) in [4.78, 5) is 0. The Morgan fingerprint density at radius 1 is 1.38 bits per heavy atom. The highest BCUT2D eigenvalue weighted by molar-refractivity contribution is 5.46. The van der Waals surface area contributed by atoms with Crippen LogP contribution in [0.1, 0.15) is 27.2 Å². The van der Waals surface area contributed by atoms with Crippen LogP contribution in [0, 0.1) is 0 Å². The number of hydrazone groups is 2. The first-order valence-electron chi connectivity index (χ1n) is 5.11.